The summed E-state index contributed by atoms with van der Waals surface area (Å²) >= 11 is 0. The Kier molecular flexibility index (Phi) is 10.00. The molecule has 0 aliphatic carbocycles. The first-order chi connectivity index (χ1) is 16.3. The molecule has 35 heavy (non-hydrogen) atoms. The van der Waals surface area contributed by atoms with Crippen LogP contribution in [-0.2, 0) is 29.5 Å². The Balaban J connectivity index is 2.56. The zero-order chi connectivity index (χ0) is 26.2. The molecule has 2 rings (SSSR count). The number of carbonyl (C=O) groups is 1. The number of carbonyl (C=O) groups excluding carboxylic acids is 1. The maximum absolute atomic E-state index is 14.3. The fourth-order valence-corrected chi connectivity index (χ4v) is 6.87. The van der Waals surface area contributed by atoms with E-state index in [-0.39, 0.29) is 22.4 Å². The van der Waals surface area contributed by atoms with E-state index >= 15 is 0 Å². The molecule has 7 nitrogen and oxygen atoms in total. The number of rotatable bonds is 10. The summed E-state index contributed by atoms with van der Waals surface area (Å²) in [5.74, 6) is -0.379. The van der Waals surface area contributed by atoms with E-state index in [1.807, 2.05) is 40.7 Å². The van der Waals surface area contributed by atoms with Gasteiger partial charge < -0.3 is 4.74 Å². The highest BCUT2D eigenvalue weighted by Crippen LogP contribution is 2.22. The van der Waals surface area contributed by atoms with Gasteiger partial charge >= 0.3 is 5.97 Å². The molecule has 0 radical (unpaired) electrons. The van der Waals surface area contributed by atoms with Crippen molar-refractivity contribution < 1.29 is 22.2 Å². The summed E-state index contributed by atoms with van der Waals surface area (Å²) in [6, 6.07) is 12.6. The summed E-state index contributed by atoms with van der Waals surface area (Å²) in [7, 11) is -7.82. The zero-order valence-corrected chi connectivity index (χ0v) is 22.7. The molecule has 0 aliphatic heterocycles. The van der Waals surface area contributed by atoms with Crippen LogP contribution in [-0.4, -0.2) is 31.2 Å². The Bertz CT molecular complexity index is 1310. The van der Waals surface area contributed by atoms with E-state index in [1.54, 1.807) is 42.5 Å². The van der Waals surface area contributed by atoms with Crippen molar-refractivity contribution in [2.45, 2.75) is 63.8 Å². The lowest BCUT2D eigenvalue weighted by atomic mass is 10.1. The number of nitrogens with one attached hydrogen (secondary N) is 1. The largest absolute Gasteiger partial charge is 0.462 e. The standard InChI is InChI=1S/C26H34N2O5S2/c1-19(2)17-24(18-22(5)15-16-33-23(6)29)27-34(30,25-11-7-20(3)8-12-25)28-35(31,32)26-13-9-21(4)10-14-26/h7-15,17,24H,16,18H2,1-6H3,(H,27,28,30)/b22-15+/t24-,34?/m0/s1. The number of aryl methyl sites for hydroxylation is 2. The molecule has 0 saturated carbocycles. The van der Waals surface area contributed by atoms with Crippen LogP contribution in [0.15, 0.2) is 85.4 Å². The highest BCUT2D eigenvalue weighted by atomic mass is 32.3. The highest BCUT2D eigenvalue weighted by Gasteiger charge is 2.23. The summed E-state index contributed by atoms with van der Waals surface area (Å²) in [4.78, 5) is 11.3. The number of ether oxygens (including phenoxy) is 1. The molecule has 1 N–H and O–H groups in total. The fourth-order valence-electron chi connectivity index (χ4n) is 3.22. The first kappa shape index (κ1) is 28.5. The van der Waals surface area contributed by atoms with Gasteiger partial charge in [0.25, 0.3) is 10.0 Å². The van der Waals surface area contributed by atoms with Gasteiger partial charge in [0, 0.05) is 13.0 Å². The second-order valence-electron chi connectivity index (χ2n) is 8.73. The van der Waals surface area contributed by atoms with Crippen molar-refractivity contribution >= 4 is 25.9 Å². The van der Waals surface area contributed by atoms with Gasteiger partial charge in [-0.2, -0.15) is 8.42 Å². The number of allylic oxidation sites excluding steroid dienone is 1. The van der Waals surface area contributed by atoms with Gasteiger partial charge in [-0.25, -0.2) is 8.93 Å². The minimum absolute atomic E-state index is 0.0269. The van der Waals surface area contributed by atoms with E-state index in [0.29, 0.717) is 6.42 Å². The first-order valence-electron chi connectivity index (χ1n) is 11.2. The quantitative estimate of drug-likeness (QED) is 0.342. The molecular weight excluding hydrogens is 484 g/mol. The molecule has 0 aromatic heterocycles. The van der Waals surface area contributed by atoms with Crippen molar-refractivity contribution in [3.05, 3.63) is 83.0 Å². The highest BCUT2D eigenvalue weighted by molar-refractivity contribution is 8.02. The summed E-state index contributed by atoms with van der Waals surface area (Å²) in [6.45, 7) is 10.9. The average molecular weight is 519 g/mol. The van der Waals surface area contributed by atoms with Gasteiger partial charge in [-0.05, 0) is 71.4 Å². The summed E-state index contributed by atoms with van der Waals surface area (Å²) in [5.41, 5.74) is 3.69. The second kappa shape index (κ2) is 12.3. The Morgan fingerprint density at radius 2 is 1.43 bits per heavy atom. The third kappa shape index (κ3) is 9.08. The smallest absolute Gasteiger partial charge is 0.302 e. The van der Waals surface area contributed by atoms with Gasteiger partial charge in [-0.3, -0.25) is 4.79 Å². The van der Waals surface area contributed by atoms with Crippen molar-refractivity contribution in [3.8, 4) is 0 Å². The van der Waals surface area contributed by atoms with Crippen molar-refractivity contribution in [2.24, 2.45) is 3.77 Å². The van der Waals surface area contributed by atoms with Gasteiger partial charge in [0.1, 0.15) is 6.61 Å². The van der Waals surface area contributed by atoms with Crippen molar-refractivity contribution in [2.75, 3.05) is 6.61 Å². The van der Waals surface area contributed by atoms with E-state index in [4.69, 9.17) is 4.74 Å². The Morgan fingerprint density at radius 3 is 1.91 bits per heavy atom. The lowest BCUT2D eigenvalue weighted by Crippen LogP contribution is -2.34. The molecule has 2 atom stereocenters. The predicted molar refractivity (Wildman–Crippen MR) is 140 cm³/mol. The molecule has 190 valence electrons. The fraction of sp³-hybridized carbons (Fsp3) is 0.346. The van der Waals surface area contributed by atoms with E-state index in [2.05, 4.69) is 8.49 Å². The molecule has 0 fully saturated rings. The maximum atomic E-state index is 14.3. The molecule has 0 aliphatic rings. The predicted octanol–water partition coefficient (Wildman–Crippen LogP) is 5.26. The van der Waals surface area contributed by atoms with Crippen molar-refractivity contribution in [1.82, 2.24) is 4.72 Å². The minimum atomic E-state index is -4.22. The van der Waals surface area contributed by atoms with Crippen LogP contribution in [0.1, 0.15) is 45.2 Å². The Hall–Kier alpha value is -2.75. The molecule has 9 heteroatoms. The minimum Gasteiger partial charge on any atom is -0.462 e. The summed E-state index contributed by atoms with van der Waals surface area (Å²) in [5, 5.41) is 0. The van der Waals surface area contributed by atoms with Gasteiger partial charge in [-0.15, -0.1) is 0 Å². The van der Waals surface area contributed by atoms with Crippen LogP contribution in [0, 0.1) is 13.8 Å². The van der Waals surface area contributed by atoms with Gasteiger partial charge in [0.05, 0.1) is 9.79 Å². The molecule has 0 saturated heterocycles. The molecule has 0 bridgehead atoms. The second-order valence-corrected chi connectivity index (χ2v) is 12.5. The number of nitrogens with zero attached hydrogens (tertiary/aromatic N) is 1. The van der Waals surface area contributed by atoms with Crippen molar-refractivity contribution in [3.63, 3.8) is 0 Å². The molecule has 0 heterocycles. The molecule has 0 amide bonds. The zero-order valence-electron chi connectivity index (χ0n) is 21.1. The number of benzene rings is 2. The maximum Gasteiger partial charge on any atom is 0.302 e. The van der Waals surface area contributed by atoms with E-state index in [1.165, 1.54) is 19.1 Å². The lowest BCUT2D eigenvalue weighted by molar-refractivity contribution is -0.139. The van der Waals surface area contributed by atoms with Crippen LogP contribution >= 0.6 is 0 Å². The van der Waals surface area contributed by atoms with Gasteiger partial charge in [-0.1, -0.05) is 56.4 Å². The van der Waals surface area contributed by atoms with Crippen LogP contribution in [0.25, 0.3) is 0 Å². The molecule has 1 unspecified atom stereocenters. The van der Waals surface area contributed by atoms with Crippen LogP contribution in [0.3, 0.4) is 0 Å². The Morgan fingerprint density at radius 1 is 0.914 bits per heavy atom. The number of hydrogen-bond donors (Lipinski definition) is 1. The number of sulfonamides is 1. The van der Waals surface area contributed by atoms with Crippen LogP contribution in [0.5, 0.6) is 0 Å². The normalized spacial score (nSPS) is 14.5. The van der Waals surface area contributed by atoms with Crippen molar-refractivity contribution in [1.29, 1.82) is 0 Å². The monoisotopic (exact) mass is 518 g/mol. The number of esters is 1. The van der Waals surface area contributed by atoms with Crippen LogP contribution in [0.4, 0.5) is 0 Å². The SMILES string of the molecule is CC(=O)OC/C=C(\C)C[C@H](C=C(C)C)NS(=O)(=NS(=O)(=O)c1ccc(C)cc1)c1ccc(C)cc1. The molecule has 2 aromatic rings. The molecule has 2 aromatic carbocycles. The van der Waals surface area contributed by atoms with Gasteiger partial charge in [0.15, 0.2) is 9.92 Å². The first-order valence-corrected chi connectivity index (χ1v) is 14.1. The Labute approximate surface area is 209 Å². The third-order valence-electron chi connectivity index (χ3n) is 4.97. The average Bonchev–Trinajstić information content (AvgIpc) is 2.73. The molecule has 0 spiro atoms. The van der Waals surface area contributed by atoms with E-state index in [0.717, 1.165) is 22.3 Å². The van der Waals surface area contributed by atoms with Gasteiger partial charge in [0.2, 0.25) is 0 Å². The summed E-state index contributed by atoms with van der Waals surface area (Å²) < 4.78 is 52.5. The lowest BCUT2D eigenvalue weighted by Gasteiger charge is -2.20. The van der Waals surface area contributed by atoms with E-state index in [9.17, 15) is 17.4 Å². The number of hydrogen-bond acceptors (Lipinski definition) is 5. The van der Waals surface area contributed by atoms with E-state index < -0.39 is 26.0 Å². The topological polar surface area (TPSA) is 102 Å². The van der Waals surface area contributed by atoms with Crippen LogP contribution < -0.4 is 4.72 Å². The van der Waals surface area contributed by atoms with Crippen LogP contribution in [0.2, 0.25) is 0 Å². The molecular formula is C26H34N2O5S2. The third-order valence-corrected chi connectivity index (χ3v) is 8.99. The summed E-state index contributed by atoms with van der Waals surface area (Å²) in [6.07, 6.45) is 4.06.